The first kappa shape index (κ1) is 17.3. The Morgan fingerprint density at radius 3 is 2.20 bits per heavy atom. The number of ether oxygens (including phenoxy) is 3. The monoisotopic (exact) mass is 342 g/mol. The van der Waals surface area contributed by atoms with E-state index in [1.54, 1.807) is 6.07 Å². The fraction of sp³-hybridized carbons (Fsp3) is 0.350. The second-order valence-corrected chi connectivity index (χ2v) is 6.47. The number of benzene rings is 2. The standard InChI is InChI=1S/C20H22O5/c1-13-8-4-6-10-15(13)23-12-17-18(20(3,22)19(21)25-17)24-16-11-7-5-9-14(16)2/h4-11,17-18,22H,12H2,1-3H3/t17-,18-,20-/m1/s1. The van der Waals surface area contributed by atoms with Crippen molar-refractivity contribution in [2.75, 3.05) is 6.61 Å². The van der Waals surface area contributed by atoms with Gasteiger partial charge in [-0.1, -0.05) is 36.4 Å². The van der Waals surface area contributed by atoms with Gasteiger partial charge in [-0.05, 0) is 44.0 Å². The lowest BCUT2D eigenvalue weighted by atomic mass is 9.98. The van der Waals surface area contributed by atoms with Crippen LogP contribution >= 0.6 is 0 Å². The number of rotatable bonds is 5. The third-order valence-corrected chi connectivity index (χ3v) is 4.41. The third kappa shape index (κ3) is 3.46. The second kappa shape index (κ2) is 6.76. The number of esters is 1. The fourth-order valence-electron chi connectivity index (χ4n) is 2.82. The van der Waals surface area contributed by atoms with Gasteiger partial charge in [0.25, 0.3) is 0 Å². The van der Waals surface area contributed by atoms with Crippen LogP contribution in [0.2, 0.25) is 0 Å². The Hall–Kier alpha value is -2.53. The highest BCUT2D eigenvalue weighted by molar-refractivity contribution is 5.82. The summed E-state index contributed by atoms with van der Waals surface area (Å²) in [6.45, 7) is 5.35. The summed E-state index contributed by atoms with van der Waals surface area (Å²) in [7, 11) is 0. The normalized spacial score (nSPS) is 25.5. The summed E-state index contributed by atoms with van der Waals surface area (Å²) in [4.78, 5) is 12.1. The smallest absolute Gasteiger partial charge is 0.342 e. The van der Waals surface area contributed by atoms with Gasteiger partial charge >= 0.3 is 5.97 Å². The quantitative estimate of drug-likeness (QED) is 0.847. The van der Waals surface area contributed by atoms with Gasteiger partial charge in [-0.2, -0.15) is 0 Å². The number of para-hydroxylation sites is 2. The van der Waals surface area contributed by atoms with Crippen molar-refractivity contribution in [3.05, 3.63) is 59.7 Å². The van der Waals surface area contributed by atoms with Gasteiger partial charge in [0.1, 0.15) is 18.1 Å². The van der Waals surface area contributed by atoms with Gasteiger partial charge < -0.3 is 19.3 Å². The van der Waals surface area contributed by atoms with Crippen molar-refractivity contribution < 1.29 is 24.1 Å². The van der Waals surface area contributed by atoms with Gasteiger partial charge in [0, 0.05) is 0 Å². The number of aryl methyl sites for hydroxylation is 2. The Morgan fingerprint density at radius 2 is 1.60 bits per heavy atom. The number of carbonyl (C=O) groups is 1. The minimum absolute atomic E-state index is 0.100. The first-order valence-electron chi connectivity index (χ1n) is 8.24. The molecule has 1 aliphatic heterocycles. The highest BCUT2D eigenvalue weighted by Gasteiger charge is 2.55. The molecule has 0 radical (unpaired) electrons. The first-order valence-corrected chi connectivity index (χ1v) is 8.24. The maximum absolute atomic E-state index is 12.1. The Balaban J connectivity index is 1.78. The van der Waals surface area contributed by atoms with Crippen LogP contribution in [0, 0.1) is 13.8 Å². The summed E-state index contributed by atoms with van der Waals surface area (Å²) < 4.78 is 17.1. The van der Waals surface area contributed by atoms with Crippen LogP contribution in [-0.2, 0) is 9.53 Å². The molecule has 2 aromatic rings. The number of carbonyl (C=O) groups excluding carboxylic acids is 1. The van der Waals surface area contributed by atoms with Crippen molar-refractivity contribution in [1.82, 2.24) is 0 Å². The zero-order valence-electron chi connectivity index (χ0n) is 14.6. The van der Waals surface area contributed by atoms with Crippen molar-refractivity contribution in [3.63, 3.8) is 0 Å². The largest absolute Gasteiger partial charge is 0.489 e. The first-order chi connectivity index (χ1) is 11.9. The number of hydrogen-bond donors (Lipinski definition) is 1. The number of cyclic esters (lactones) is 1. The minimum Gasteiger partial charge on any atom is -0.489 e. The van der Waals surface area contributed by atoms with Crippen LogP contribution in [0.25, 0.3) is 0 Å². The second-order valence-electron chi connectivity index (χ2n) is 6.47. The van der Waals surface area contributed by atoms with Crippen molar-refractivity contribution in [3.8, 4) is 11.5 Å². The summed E-state index contributed by atoms with van der Waals surface area (Å²) in [6.07, 6.45) is -1.56. The third-order valence-electron chi connectivity index (χ3n) is 4.41. The van der Waals surface area contributed by atoms with Crippen molar-refractivity contribution in [2.45, 2.75) is 38.6 Å². The molecule has 1 aliphatic rings. The molecule has 0 aromatic heterocycles. The SMILES string of the molecule is Cc1ccccc1OC[C@H]1OC(=O)[C@](C)(O)[C@@H]1Oc1ccccc1C. The van der Waals surface area contributed by atoms with Crippen LogP contribution in [0.5, 0.6) is 11.5 Å². The van der Waals surface area contributed by atoms with Crippen LogP contribution in [0.1, 0.15) is 18.1 Å². The fourth-order valence-corrected chi connectivity index (χ4v) is 2.82. The molecule has 0 amide bonds. The highest BCUT2D eigenvalue weighted by atomic mass is 16.6. The molecule has 132 valence electrons. The molecule has 1 saturated heterocycles. The zero-order valence-corrected chi connectivity index (χ0v) is 14.6. The highest BCUT2D eigenvalue weighted by Crippen LogP contribution is 2.32. The molecule has 3 rings (SSSR count). The molecule has 0 aliphatic carbocycles. The van der Waals surface area contributed by atoms with Crippen LogP contribution < -0.4 is 9.47 Å². The predicted molar refractivity (Wildman–Crippen MR) is 92.8 cm³/mol. The Morgan fingerprint density at radius 1 is 1.04 bits per heavy atom. The van der Waals surface area contributed by atoms with E-state index in [1.807, 2.05) is 56.3 Å². The maximum Gasteiger partial charge on any atom is 0.342 e. The summed E-state index contributed by atoms with van der Waals surface area (Å²) in [5, 5.41) is 10.5. The summed E-state index contributed by atoms with van der Waals surface area (Å²) >= 11 is 0. The average Bonchev–Trinajstić information content (AvgIpc) is 2.79. The molecule has 5 heteroatoms. The van der Waals surface area contributed by atoms with Gasteiger partial charge in [0.15, 0.2) is 17.8 Å². The molecular weight excluding hydrogens is 320 g/mol. The van der Waals surface area contributed by atoms with Gasteiger partial charge in [-0.15, -0.1) is 0 Å². The maximum atomic E-state index is 12.1. The van der Waals surface area contributed by atoms with Crippen LogP contribution in [0.15, 0.2) is 48.5 Å². The summed E-state index contributed by atoms with van der Waals surface area (Å²) in [6, 6.07) is 15.0. The van der Waals surface area contributed by atoms with E-state index in [0.717, 1.165) is 11.1 Å². The summed E-state index contributed by atoms with van der Waals surface area (Å²) in [5.41, 5.74) is 0.161. The molecule has 1 fully saturated rings. The molecule has 2 aromatic carbocycles. The molecule has 25 heavy (non-hydrogen) atoms. The van der Waals surface area contributed by atoms with E-state index in [9.17, 15) is 9.90 Å². The lowest BCUT2D eigenvalue weighted by Gasteiger charge is -2.26. The molecule has 1 heterocycles. The number of hydrogen-bond acceptors (Lipinski definition) is 5. The predicted octanol–water partition coefficient (Wildman–Crippen LogP) is 2.81. The zero-order chi connectivity index (χ0) is 18.0. The lowest BCUT2D eigenvalue weighted by Crippen LogP contribution is -2.48. The van der Waals surface area contributed by atoms with Crippen molar-refractivity contribution >= 4 is 5.97 Å². The van der Waals surface area contributed by atoms with Gasteiger partial charge in [0.2, 0.25) is 0 Å². The Kier molecular flexibility index (Phi) is 4.68. The van der Waals surface area contributed by atoms with Gasteiger partial charge in [-0.25, -0.2) is 4.79 Å². The molecule has 0 saturated carbocycles. The molecule has 1 N–H and O–H groups in total. The van der Waals surface area contributed by atoms with Crippen LogP contribution in [-0.4, -0.2) is 35.5 Å². The van der Waals surface area contributed by atoms with Crippen LogP contribution in [0.4, 0.5) is 0 Å². The average molecular weight is 342 g/mol. The molecule has 0 bridgehead atoms. The van der Waals surface area contributed by atoms with Gasteiger partial charge in [0.05, 0.1) is 0 Å². The van der Waals surface area contributed by atoms with E-state index in [0.29, 0.717) is 11.5 Å². The lowest BCUT2D eigenvalue weighted by molar-refractivity contribution is -0.155. The molecular formula is C20H22O5. The van der Waals surface area contributed by atoms with E-state index in [-0.39, 0.29) is 6.61 Å². The topological polar surface area (TPSA) is 65.0 Å². The molecule has 5 nitrogen and oxygen atoms in total. The van der Waals surface area contributed by atoms with Gasteiger partial charge in [-0.3, -0.25) is 0 Å². The van der Waals surface area contributed by atoms with Crippen LogP contribution in [0.3, 0.4) is 0 Å². The Bertz CT molecular complexity index is 768. The van der Waals surface area contributed by atoms with E-state index < -0.39 is 23.8 Å². The van der Waals surface area contributed by atoms with E-state index >= 15 is 0 Å². The minimum atomic E-state index is -1.73. The molecule has 3 atom stereocenters. The summed E-state index contributed by atoms with van der Waals surface area (Å²) in [5.74, 6) is 0.608. The van der Waals surface area contributed by atoms with E-state index in [2.05, 4.69) is 0 Å². The van der Waals surface area contributed by atoms with E-state index in [4.69, 9.17) is 14.2 Å². The van der Waals surface area contributed by atoms with Crippen molar-refractivity contribution in [2.24, 2.45) is 0 Å². The Labute approximate surface area is 147 Å². The van der Waals surface area contributed by atoms with E-state index in [1.165, 1.54) is 6.92 Å². The molecule has 0 spiro atoms. The number of aliphatic hydroxyl groups is 1. The van der Waals surface area contributed by atoms with Crippen molar-refractivity contribution in [1.29, 1.82) is 0 Å². The molecule has 0 unspecified atom stereocenters.